The summed E-state index contributed by atoms with van der Waals surface area (Å²) in [6.45, 7) is 3.96. The second-order valence-electron chi connectivity index (χ2n) is 5.99. The Morgan fingerprint density at radius 2 is 2.24 bits per heavy atom. The molecule has 0 bridgehead atoms. The van der Waals surface area contributed by atoms with E-state index < -0.39 is 0 Å². The molecule has 0 N–H and O–H groups in total. The van der Waals surface area contributed by atoms with Crippen LogP contribution >= 0.6 is 11.6 Å². The molecule has 0 saturated carbocycles. The highest BCUT2D eigenvalue weighted by molar-refractivity contribution is 6.17. The van der Waals surface area contributed by atoms with Crippen LogP contribution in [0.25, 0.3) is 11.0 Å². The van der Waals surface area contributed by atoms with Crippen LogP contribution in [0, 0.1) is 12.7 Å². The largest absolute Gasteiger partial charge is 0.324 e. The summed E-state index contributed by atoms with van der Waals surface area (Å²) in [4.78, 5) is 6.97. The lowest BCUT2D eigenvalue weighted by Gasteiger charge is -2.32. The Kier molecular flexibility index (Phi) is 4.18. The van der Waals surface area contributed by atoms with E-state index in [0.717, 1.165) is 42.8 Å². The van der Waals surface area contributed by atoms with E-state index in [2.05, 4.69) is 21.5 Å². The first-order valence-corrected chi connectivity index (χ1v) is 8.05. The Hall–Kier alpha value is -1.13. The molecule has 1 aromatic heterocycles. The van der Waals surface area contributed by atoms with Crippen molar-refractivity contribution in [3.8, 4) is 0 Å². The Morgan fingerprint density at radius 3 is 2.95 bits per heavy atom. The molecular weight excluding hydrogens is 289 g/mol. The van der Waals surface area contributed by atoms with Gasteiger partial charge in [0.25, 0.3) is 0 Å². The van der Waals surface area contributed by atoms with E-state index in [0.29, 0.717) is 17.5 Å². The van der Waals surface area contributed by atoms with Crippen LogP contribution in [0.15, 0.2) is 12.1 Å². The number of hydrogen-bond acceptors (Lipinski definition) is 2. The molecule has 21 heavy (non-hydrogen) atoms. The van der Waals surface area contributed by atoms with Crippen LogP contribution in [0.2, 0.25) is 0 Å². The third kappa shape index (κ3) is 2.79. The minimum atomic E-state index is -0.190. The van der Waals surface area contributed by atoms with Crippen LogP contribution in [0.5, 0.6) is 0 Å². The molecule has 0 aliphatic carbocycles. The van der Waals surface area contributed by atoms with E-state index >= 15 is 0 Å². The predicted octanol–water partition coefficient (Wildman–Crippen LogP) is 3.53. The number of hydrogen-bond donors (Lipinski definition) is 0. The normalized spacial score (nSPS) is 20.3. The minimum Gasteiger partial charge on any atom is -0.324 e. The Bertz CT molecular complexity index is 652. The van der Waals surface area contributed by atoms with Gasteiger partial charge in [-0.25, -0.2) is 9.37 Å². The number of benzene rings is 1. The molecule has 1 unspecified atom stereocenters. The first kappa shape index (κ1) is 14.8. The molecule has 1 aliphatic rings. The number of nitrogens with zero attached hydrogens (tertiary/aromatic N) is 3. The molecule has 1 atom stereocenters. The van der Waals surface area contributed by atoms with Gasteiger partial charge >= 0.3 is 0 Å². The summed E-state index contributed by atoms with van der Waals surface area (Å²) in [6.07, 6.45) is 3.04. The smallest absolute Gasteiger partial charge is 0.128 e. The van der Waals surface area contributed by atoms with Gasteiger partial charge in [0.05, 0.1) is 11.0 Å². The number of fused-ring (bicyclic) bond motifs is 1. The van der Waals surface area contributed by atoms with Crippen molar-refractivity contribution in [2.24, 2.45) is 0 Å². The maximum absolute atomic E-state index is 13.8. The molecule has 1 saturated heterocycles. The molecule has 1 aromatic carbocycles. The minimum absolute atomic E-state index is 0.190. The van der Waals surface area contributed by atoms with E-state index in [4.69, 9.17) is 11.6 Å². The lowest BCUT2D eigenvalue weighted by atomic mass is 10.1. The molecule has 0 amide bonds. The van der Waals surface area contributed by atoms with Crippen molar-refractivity contribution in [1.29, 1.82) is 0 Å². The molecule has 0 spiro atoms. The van der Waals surface area contributed by atoms with Gasteiger partial charge < -0.3 is 9.47 Å². The van der Waals surface area contributed by atoms with E-state index in [-0.39, 0.29) is 5.82 Å². The van der Waals surface area contributed by atoms with Crippen LogP contribution in [0.3, 0.4) is 0 Å². The highest BCUT2D eigenvalue weighted by Crippen LogP contribution is 2.29. The number of rotatable bonds is 3. The molecule has 3 nitrogen and oxygen atoms in total. The van der Waals surface area contributed by atoms with Gasteiger partial charge in [-0.1, -0.05) is 0 Å². The van der Waals surface area contributed by atoms with Crippen molar-refractivity contribution in [2.45, 2.75) is 32.2 Å². The van der Waals surface area contributed by atoms with Crippen LogP contribution in [-0.2, 0) is 6.42 Å². The van der Waals surface area contributed by atoms with E-state index in [1.807, 2.05) is 6.07 Å². The van der Waals surface area contributed by atoms with Gasteiger partial charge in [0.15, 0.2) is 0 Å². The summed E-state index contributed by atoms with van der Waals surface area (Å²) in [5.41, 5.74) is 2.45. The summed E-state index contributed by atoms with van der Waals surface area (Å²) in [5, 5.41) is 0. The third-order valence-corrected chi connectivity index (χ3v) is 4.51. The fourth-order valence-corrected chi connectivity index (χ4v) is 3.46. The lowest BCUT2D eigenvalue weighted by molar-refractivity contribution is 0.212. The van der Waals surface area contributed by atoms with Gasteiger partial charge in [-0.15, -0.1) is 11.6 Å². The van der Waals surface area contributed by atoms with Crippen molar-refractivity contribution in [2.75, 3.05) is 26.0 Å². The zero-order chi connectivity index (χ0) is 15.0. The fraction of sp³-hybridized carbons (Fsp3) is 0.562. The van der Waals surface area contributed by atoms with Gasteiger partial charge in [0.1, 0.15) is 11.6 Å². The zero-order valence-corrected chi connectivity index (χ0v) is 13.3. The number of aromatic nitrogens is 2. The molecule has 2 heterocycles. The Labute approximate surface area is 129 Å². The number of halogens is 2. The second-order valence-corrected chi connectivity index (χ2v) is 6.36. The molecule has 3 rings (SSSR count). The van der Waals surface area contributed by atoms with Gasteiger partial charge in [0.2, 0.25) is 0 Å². The quantitative estimate of drug-likeness (QED) is 0.809. The van der Waals surface area contributed by atoms with E-state index in [9.17, 15) is 4.39 Å². The third-order valence-electron chi connectivity index (χ3n) is 4.33. The first-order valence-electron chi connectivity index (χ1n) is 7.51. The van der Waals surface area contributed by atoms with Crippen LogP contribution in [-0.4, -0.2) is 40.5 Å². The molecule has 2 aromatic rings. The first-order chi connectivity index (χ1) is 10.1. The molecule has 1 aliphatic heterocycles. The second kappa shape index (κ2) is 5.93. The van der Waals surface area contributed by atoms with Crippen LogP contribution in [0.4, 0.5) is 4.39 Å². The zero-order valence-electron chi connectivity index (χ0n) is 12.6. The summed E-state index contributed by atoms with van der Waals surface area (Å²) in [5.74, 6) is 1.32. The van der Waals surface area contributed by atoms with Crippen molar-refractivity contribution in [1.82, 2.24) is 14.5 Å². The van der Waals surface area contributed by atoms with Crippen molar-refractivity contribution >= 4 is 22.6 Å². The fourth-order valence-electron chi connectivity index (χ4n) is 3.29. The lowest BCUT2D eigenvalue weighted by Crippen LogP contribution is -2.34. The number of aryl methyl sites for hydroxylation is 2. The number of alkyl halides is 1. The van der Waals surface area contributed by atoms with Crippen molar-refractivity contribution in [3.63, 3.8) is 0 Å². The van der Waals surface area contributed by atoms with Gasteiger partial charge in [-0.05, 0) is 45.0 Å². The van der Waals surface area contributed by atoms with Gasteiger partial charge in [-0.3, -0.25) is 0 Å². The molecule has 5 heteroatoms. The highest BCUT2D eigenvalue weighted by atomic mass is 35.5. The number of likely N-dealkylation sites (tertiary alicyclic amines) is 1. The number of likely N-dealkylation sites (N-methyl/N-ethyl adjacent to an activating group) is 1. The topological polar surface area (TPSA) is 21.1 Å². The Balaban J connectivity index is 2.12. The van der Waals surface area contributed by atoms with Crippen molar-refractivity contribution < 1.29 is 4.39 Å². The van der Waals surface area contributed by atoms with Gasteiger partial charge in [0, 0.05) is 31.0 Å². The maximum atomic E-state index is 13.8. The summed E-state index contributed by atoms with van der Waals surface area (Å²) in [7, 11) is 2.15. The van der Waals surface area contributed by atoms with E-state index in [1.165, 1.54) is 6.42 Å². The number of piperidine rings is 1. The van der Waals surface area contributed by atoms with Crippen molar-refractivity contribution in [3.05, 3.63) is 29.3 Å². The molecule has 114 valence electrons. The molecule has 0 radical (unpaired) electrons. The SMILES string of the molecule is Cc1cc2c(cc1F)nc(CCCl)n2C1CCCN(C)C1. The van der Waals surface area contributed by atoms with E-state index in [1.54, 1.807) is 13.0 Å². The van der Waals surface area contributed by atoms with Crippen LogP contribution < -0.4 is 0 Å². The van der Waals surface area contributed by atoms with Gasteiger partial charge in [-0.2, -0.15) is 0 Å². The Morgan fingerprint density at radius 1 is 1.43 bits per heavy atom. The summed E-state index contributed by atoms with van der Waals surface area (Å²) >= 11 is 5.93. The summed E-state index contributed by atoms with van der Waals surface area (Å²) in [6, 6.07) is 3.87. The average Bonchev–Trinajstić information content (AvgIpc) is 2.77. The monoisotopic (exact) mass is 309 g/mol. The number of imidazole rings is 1. The molecule has 1 fully saturated rings. The predicted molar refractivity (Wildman–Crippen MR) is 84.6 cm³/mol. The summed E-state index contributed by atoms with van der Waals surface area (Å²) < 4.78 is 16.1. The molecular formula is C16H21ClFN3. The average molecular weight is 310 g/mol. The standard InChI is InChI=1S/C16H21ClFN3/c1-11-8-15-14(9-13(11)18)19-16(5-6-17)21(15)12-4-3-7-20(2)10-12/h8-9,12H,3-7,10H2,1-2H3. The maximum Gasteiger partial charge on any atom is 0.128 e. The van der Waals surface area contributed by atoms with Crippen LogP contribution in [0.1, 0.15) is 30.3 Å². The highest BCUT2D eigenvalue weighted by Gasteiger charge is 2.23.